The molecule has 6 nitrogen and oxygen atoms in total. The van der Waals surface area contributed by atoms with Gasteiger partial charge in [0.25, 0.3) is 5.91 Å². The average molecular weight is 366 g/mol. The summed E-state index contributed by atoms with van der Waals surface area (Å²) in [6.07, 6.45) is 0.530. The monoisotopic (exact) mass is 366 g/mol. The van der Waals surface area contributed by atoms with E-state index >= 15 is 0 Å². The van der Waals surface area contributed by atoms with Gasteiger partial charge in [0.15, 0.2) is 11.5 Å². The molecule has 1 amide bonds. The maximum atomic E-state index is 13.8. The van der Waals surface area contributed by atoms with Crippen molar-refractivity contribution in [2.24, 2.45) is 5.10 Å². The highest BCUT2D eigenvalue weighted by Gasteiger charge is 2.27. The Hall–Kier alpha value is -3.61. The quantitative estimate of drug-likeness (QED) is 0.568. The summed E-state index contributed by atoms with van der Waals surface area (Å²) < 4.78 is 30.4. The Morgan fingerprint density at radius 3 is 2.70 bits per heavy atom. The number of nitrogens with one attached hydrogen (secondary N) is 1. The summed E-state index contributed by atoms with van der Waals surface area (Å²) in [5.41, 5.74) is 2.74. The van der Waals surface area contributed by atoms with E-state index in [4.69, 9.17) is 13.9 Å². The molecule has 1 aliphatic heterocycles. The van der Waals surface area contributed by atoms with E-state index in [9.17, 15) is 9.18 Å². The lowest BCUT2D eigenvalue weighted by molar-refractivity contribution is -0.130. The van der Waals surface area contributed by atoms with Crippen molar-refractivity contribution in [1.29, 1.82) is 0 Å². The van der Waals surface area contributed by atoms with E-state index in [1.54, 1.807) is 48.5 Å². The molecule has 0 saturated carbocycles. The van der Waals surface area contributed by atoms with Crippen LogP contribution in [0.25, 0.3) is 11.3 Å². The minimum absolute atomic E-state index is 0.0938. The van der Waals surface area contributed by atoms with Crippen LogP contribution in [0.5, 0.6) is 11.5 Å². The molecule has 2 aromatic carbocycles. The van der Waals surface area contributed by atoms with E-state index in [0.29, 0.717) is 28.6 Å². The molecule has 1 atom stereocenters. The van der Waals surface area contributed by atoms with Gasteiger partial charge in [-0.3, -0.25) is 4.79 Å². The molecule has 0 fully saturated rings. The molecular weight excluding hydrogens is 351 g/mol. The van der Waals surface area contributed by atoms with E-state index in [2.05, 4.69) is 10.5 Å². The third kappa shape index (κ3) is 3.67. The van der Waals surface area contributed by atoms with E-state index < -0.39 is 12.0 Å². The van der Waals surface area contributed by atoms with Crippen LogP contribution in [0, 0.1) is 5.82 Å². The lowest BCUT2D eigenvalue weighted by Gasteiger charge is -2.24. The average Bonchev–Trinajstić information content (AvgIpc) is 3.16. The van der Waals surface area contributed by atoms with Crippen molar-refractivity contribution in [3.8, 4) is 22.8 Å². The number of hydrogen-bond donors (Lipinski definition) is 1. The number of carbonyl (C=O) groups is 1. The predicted octanol–water partition coefficient (Wildman–Crippen LogP) is 3.38. The Balaban J connectivity index is 1.37. The van der Waals surface area contributed by atoms with E-state index in [1.807, 2.05) is 6.07 Å². The third-order valence-corrected chi connectivity index (χ3v) is 3.93. The molecule has 0 unspecified atom stereocenters. The molecule has 0 bridgehead atoms. The van der Waals surface area contributed by atoms with Crippen molar-refractivity contribution in [2.45, 2.75) is 6.10 Å². The number of ether oxygens (including phenoxy) is 2. The number of rotatable bonds is 4. The summed E-state index contributed by atoms with van der Waals surface area (Å²) in [6.45, 7) is 0.0938. The highest BCUT2D eigenvalue weighted by atomic mass is 19.1. The zero-order valence-electron chi connectivity index (χ0n) is 14.1. The first-order valence-corrected chi connectivity index (χ1v) is 8.27. The SMILES string of the molecule is O=C(N/N=C\c1ccc(-c2ccccc2F)o1)[C@@H]1COc2ccccc2O1. The van der Waals surface area contributed by atoms with Crippen molar-refractivity contribution >= 4 is 12.1 Å². The molecule has 4 rings (SSSR count). The minimum Gasteiger partial charge on any atom is -0.485 e. The maximum absolute atomic E-state index is 13.8. The molecule has 1 N–H and O–H groups in total. The van der Waals surface area contributed by atoms with Gasteiger partial charge in [-0.2, -0.15) is 5.10 Å². The predicted molar refractivity (Wildman–Crippen MR) is 96.2 cm³/mol. The van der Waals surface area contributed by atoms with Gasteiger partial charge in [0.1, 0.15) is 23.9 Å². The first kappa shape index (κ1) is 16.8. The van der Waals surface area contributed by atoms with Gasteiger partial charge in [0.2, 0.25) is 6.10 Å². The molecule has 0 aliphatic carbocycles. The number of halogens is 1. The first-order valence-electron chi connectivity index (χ1n) is 8.27. The van der Waals surface area contributed by atoms with Crippen LogP contribution in [-0.4, -0.2) is 24.8 Å². The van der Waals surface area contributed by atoms with Crippen molar-refractivity contribution in [3.05, 3.63) is 72.2 Å². The molecule has 2 heterocycles. The van der Waals surface area contributed by atoms with Crippen LogP contribution in [-0.2, 0) is 4.79 Å². The fourth-order valence-electron chi connectivity index (χ4n) is 2.61. The summed E-state index contributed by atoms with van der Waals surface area (Å²) in [7, 11) is 0. The molecule has 3 aromatic rings. The van der Waals surface area contributed by atoms with Crippen LogP contribution in [0.2, 0.25) is 0 Å². The van der Waals surface area contributed by atoms with Gasteiger partial charge in [0.05, 0.1) is 11.8 Å². The Bertz CT molecular complexity index is 999. The first-order chi connectivity index (χ1) is 13.2. The number of amides is 1. The number of hydrogen-bond acceptors (Lipinski definition) is 5. The van der Waals surface area contributed by atoms with Crippen molar-refractivity contribution in [1.82, 2.24) is 5.43 Å². The van der Waals surface area contributed by atoms with Gasteiger partial charge in [-0.1, -0.05) is 24.3 Å². The normalized spacial score (nSPS) is 15.7. The minimum atomic E-state index is -0.803. The molecule has 136 valence electrons. The van der Waals surface area contributed by atoms with Crippen molar-refractivity contribution < 1.29 is 23.1 Å². The Morgan fingerprint density at radius 1 is 1.07 bits per heavy atom. The van der Waals surface area contributed by atoms with Gasteiger partial charge < -0.3 is 13.9 Å². The van der Waals surface area contributed by atoms with Crippen LogP contribution in [0.4, 0.5) is 4.39 Å². The summed E-state index contributed by atoms with van der Waals surface area (Å²) in [6, 6.07) is 16.7. The van der Waals surface area contributed by atoms with Crippen LogP contribution in [0.15, 0.2) is 70.2 Å². The summed E-state index contributed by atoms with van der Waals surface area (Å²) in [5, 5.41) is 3.85. The Morgan fingerprint density at radius 2 is 1.85 bits per heavy atom. The fourth-order valence-corrected chi connectivity index (χ4v) is 2.61. The van der Waals surface area contributed by atoms with Crippen LogP contribution in [0.1, 0.15) is 5.76 Å². The zero-order valence-corrected chi connectivity index (χ0v) is 14.1. The summed E-state index contributed by atoms with van der Waals surface area (Å²) >= 11 is 0. The molecule has 1 aliphatic rings. The lowest BCUT2D eigenvalue weighted by Crippen LogP contribution is -2.42. The summed E-state index contributed by atoms with van der Waals surface area (Å²) in [4.78, 5) is 12.2. The van der Waals surface area contributed by atoms with Gasteiger partial charge in [-0.25, -0.2) is 9.82 Å². The van der Waals surface area contributed by atoms with Gasteiger partial charge in [-0.05, 0) is 36.4 Å². The molecule has 1 aromatic heterocycles. The second kappa shape index (κ2) is 7.33. The smallest absolute Gasteiger partial charge is 0.284 e. The zero-order chi connectivity index (χ0) is 18.6. The van der Waals surface area contributed by atoms with Crippen molar-refractivity contribution in [3.63, 3.8) is 0 Å². The summed E-state index contributed by atoms with van der Waals surface area (Å²) in [5.74, 6) is 1.04. The topological polar surface area (TPSA) is 73.1 Å². The number of benzene rings is 2. The molecule has 0 spiro atoms. The number of furan rings is 1. The van der Waals surface area contributed by atoms with Crippen LogP contribution in [0.3, 0.4) is 0 Å². The van der Waals surface area contributed by atoms with Gasteiger partial charge in [-0.15, -0.1) is 0 Å². The molecular formula is C20H15FN2O4. The fraction of sp³-hybridized carbons (Fsp3) is 0.100. The van der Waals surface area contributed by atoms with E-state index in [1.165, 1.54) is 12.3 Å². The maximum Gasteiger partial charge on any atom is 0.284 e. The standard InChI is InChI=1S/C20H15FN2O4/c21-15-6-2-1-5-14(15)16-10-9-13(26-16)11-22-23-20(24)19-12-25-17-7-3-4-8-18(17)27-19/h1-11,19H,12H2,(H,23,24)/b22-11-/t19-/m0/s1. The largest absolute Gasteiger partial charge is 0.485 e. The number of carbonyl (C=O) groups excluding carboxylic acids is 1. The van der Waals surface area contributed by atoms with E-state index in [0.717, 1.165) is 0 Å². The highest BCUT2D eigenvalue weighted by Crippen LogP contribution is 2.30. The molecule has 27 heavy (non-hydrogen) atoms. The van der Waals surface area contributed by atoms with Gasteiger partial charge in [0, 0.05) is 0 Å². The van der Waals surface area contributed by atoms with Crippen molar-refractivity contribution in [2.75, 3.05) is 6.61 Å². The number of fused-ring (bicyclic) bond motifs is 1. The second-order valence-electron chi connectivity index (χ2n) is 5.78. The number of nitrogens with zero attached hydrogens (tertiary/aromatic N) is 1. The van der Waals surface area contributed by atoms with E-state index in [-0.39, 0.29) is 12.4 Å². The molecule has 0 radical (unpaired) electrons. The Labute approximate surface area is 154 Å². The molecule has 7 heteroatoms. The molecule has 0 saturated heterocycles. The lowest BCUT2D eigenvalue weighted by atomic mass is 10.1. The van der Waals surface area contributed by atoms with Crippen LogP contribution < -0.4 is 14.9 Å². The van der Waals surface area contributed by atoms with Gasteiger partial charge >= 0.3 is 0 Å². The Kier molecular flexibility index (Phi) is 4.57. The second-order valence-corrected chi connectivity index (χ2v) is 5.78. The number of hydrazone groups is 1. The van der Waals surface area contributed by atoms with Crippen LogP contribution >= 0.6 is 0 Å². The number of para-hydroxylation sites is 2. The highest BCUT2D eigenvalue weighted by molar-refractivity contribution is 5.84. The third-order valence-electron chi connectivity index (χ3n) is 3.93.